The van der Waals surface area contributed by atoms with Gasteiger partial charge in [0, 0.05) is 10.8 Å². The van der Waals surface area contributed by atoms with E-state index in [9.17, 15) is 2.74 Å². The minimum Gasteiger partial charge on any atom is -0.464 e. The molecule has 0 bridgehead atoms. The summed E-state index contributed by atoms with van der Waals surface area (Å²) in [5.41, 5.74) is 3.27. The first-order valence-electron chi connectivity index (χ1n) is 15.5. The Kier molecular flexibility index (Phi) is 2.71. The van der Waals surface area contributed by atoms with E-state index >= 15 is 0 Å². The molecule has 0 amide bonds. The Hall–Kier alpha value is -4.82. The summed E-state index contributed by atoms with van der Waals surface area (Å²) in [5.74, 6) is 0. The predicted octanol–water partition coefficient (Wildman–Crippen LogP) is 9.97. The average molecular weight is 469 g/mol. The van der Waals surface area contributed by atoms with Crippen molar-refractivity contribution >= 4 is 54.5 Å². The highest BCUT2D eigenvalue weighted by molar-refractivity contribution is 6.27. The van der Waals surface area contributed by atoms with Crippen LogP contribution in [0.15, 0.2) is 130 Å². The van der Waals surface area contributed by atoms with Gasteiger partial charge in [0.1, 0.15) is 16.7 Å². The molecule has 2 aromatic heterocycles. The van der Waals surface area contributed by atoms with E-state index in [0.717, 1.165) is 5.39 Å². The van der Waals surface area contributed by atoms with E-state index in [-0.39, 0.29) is 51.3 Å². The Morgan fingerprint density at radius 1 is 0.556 bits per heavy atom. The van der Waals surface area contributed by atoms with Gasteiger partial charge in [-0.2, -0.15) is 0 Å². The smallest absolute Gasteiger partial charge is 0.145 e. The number of fused-ring (bicyclic) bond motifs is 7. The lowest BCUT2D eigenvalue weighted by Gasteiger charge is -2.18. The van der Waals surface area contributed by atoms with Gasteiger partial charge in [-0.25, -0.2) is 0 Å². The molecule has 0 aliphatic rings. The van der Waals surface area contributed by atoms with Crippen LogP contribution >= 0.6 is 0 Å². The third-order valence-corrected chi connectivity index (χ3v) is 6.79. The first-order valence-corrected chi connectivity index (χ1v) is 11.5. The monoisotopic (exact) mass is 468 g/mol. The van der Waals surface area contributed by atoms with Crippen LogP contribution in [0.1, 0.15) is 11.0 Å². The molecular formula is C34H20O2. The average Bonchev–Trinajstić information content (AvgIpc) is 3.68. The third-order valence-electron chi connectivity index (χ3n) is 6.79. The van der Waals surface area contributed by atoms with Crippen molar-refractivity contribution in [2.75, 3.05) is 0 Å². The van der Waals surface area contributed by atoms with Gasteiger partial charge in [-0.3, -0.25) is 0 Å². The number of furan rings is 2. The van der Waals surface area contributed by atoms with E-state index in [1.54, 1.807) is 48.7 Å². The molecule has 0 saturated heterocycles. The molecule has 0 saturated carbocycles. The Balaban J connectivity index is 1.75. The molecule has 0 radical (unpaired) electrons. The summed E-state index contributed by atoms with van der Waals surface area (Å²) in [7, 11) is 0. The molecule has 0 spiro atoms. The highest BCUT2D eigenvalue weighted by Crippen LogP contribution is 2.47. The molecule has 2 nitrogen and oxygen atoms in total. The lowest BCUT2D eigenvalue weighted by molar-refractivity contribution is 0.618. The van der Waals surface area contributed by atoms with Gasteiger partial charge in [0.25, 0.3) is 0 Å². The Labute approximate surface area is 218 Å². The van der Waals surface area contributed by atoms with Crippen LogP contribution in [-0.4, -0.2) is 0 Å². The van der Waals surface area contributed by atoms with Crippen LogP contribution in [0.4, 0.5) is 0 Å². The van der Waals surface area contributed by atoms with Gasteiger partial charge in [0.15, 0.2) is 0 Å². The number of benzene rings is 6. The topological polar surface area (TPSA) is 26.3 Å². The minimum atomic E-state index is -0.444. The molecule has 168 valence electrons. The van der Waals surface area contributed by atoms with Crippen LogP contribution < -0.4 is 0 Å². The lowest BCUT2D eigenvalue weighted by atomic mass is 9.85. The molecule has 0 aliphatic heterocycles. The molecule has 36 heavy (non-hydrogen) atoms. The highest BCUT2D eigenvalue weighted by Gasteiger charge is 2.21. The van der Waals surface area contributed by atoms with Crippen LogP contribution in [-0.2, 0) is 0 Å². The molecule has 8 aromatic rings. The first-order chi connectivity index (χ1) is 21.2. The van der Waals surface area contributed by atoms with Crippen molar-refractivity contribution in [2.45, 2.75) is 0 Å². The van der Waals surface area contributed by atoms with Crippen molar-refractivity contribution in [3.63, 3.8) is 0 Å². The molecular weight excluding hydrogens is 440 g/mol. The van der Waals surface area contributed by atoms with Gasteiger partial charge in [-0.1, -0.05) is 90.8 Å². The largest absolute Gasteiger partial charge is 0.464 e. The van der Waals surface area contributed by atoms with E-state index in [0.29, 0.717) is 44.2 Å². The van der Waals surface area contributed by atoms with Gasteiger partial charge in [-0.05, 0) is 68.1 Å². The molecule has 0 N–H and O–H groups in total. The lowest BCUT2D eigenvalue weighted by Crippen LogP contribution is -1.91. The van der Waals surface area contributed by atoms with Crippen LogP contribution in [0.3, 0.4) is 0 Å². The zero-order valence-electron chi connectivity index (χ0n) is 26.7. The fraction of sp³-hybridized carbons (Fsp3) is 0. The van der Waals surface area contributed by atoms with Gasteiger partial charge in [-0.15, -0.1) is 0 Å². The van der Waals surface area contributed by atoms with Crippen LogP contribution in [0.2, 0.25) is 0 Å². The van der Waals surface area contributed by atoms with E-state index in [4.69, 9.17) is 17.1 Å². The zero-order chi connectivity index (χ0) is 30.6. The molecule has 2 heteroatoms. The van der Waals surface area contributed by atoms with Gasteiger partial charge in [0.05, 0.1) is 22.6 Å². The SMILES string of the molecule is [2H]c1c([2H])c([2H])c2c(-c3cccc4oc5ccc6ccoc6c5c34)c3c([2H])c([2H])c([2H])c([2H])c3c(-c3ccccc3)c2c1[2H]. The van der Waals surface area contributed by atoms with Crippen molar-refractivity contribution in [1.82, 2.24) is 0 Å². The summed E-state index contributed by atoms with van der Waals surface area (Å²) in [6.45, 7) is 0. The maximum Gasteiger partial charge on any atom is 0.145 e. The molecule has 8 rings (SSSR count). The quantitative estimate of drug-likeness (QED) is 0.236. The fourth-order valence-corrected chi connectivity index (χ4v) is 5.32. The first kappa shape index (κ1) is 13.3. The summed E-state index contributed by atoms with van der Waals surface area (Å²) in [5, 5.41) is 2.76. The van der Waals surface area contributed by atoms with Crippen molar-refractivity contribution in [3.05, 3.63) is 121 Å². The van der Waals surface area contributed by atoms with E-state index in [1.165, 1.54) is 0 Å². The van der Waals surface area contributed by atoms with Gasteiger partial charge < -0.3 is 8.83 Å². The number of rotatable bonds is 2. The van der Waals surface area contributed by atoms with Crippen molar-refractivity contribution < 1.29 is 19.8 Å². The maximum absolute atomic E-state index is 9.19. The molecule has 0 unspecified atom stereocenters. The zero-order valence-corrected chi connectivity index (χ0v) is 18.7. The van der Waals surface area contributed by atoms with Crippen molar-refractivity contribution in [3.8, 4) is 22.3 Å². The summed E-state index contributed by atoms with van der Waals surface area (Å²) in [4.78, 5) is 0. The standard InChI is InChI=1S/C34H20O2/c1-2-9-21(10-3-1)30-23-11-4-6-13-25(23)31(26-14-7-5-12-24(26)30)27-15-8-16-28-32(27)33-29(36-28)18-17-22-19-20-35-34(22)33/h1-20H/i4D,5D,6D,7D,11D,12D,13D,14D. The van der Waals surface area contributed by atoms with Crippen molar-refractivity contribution in [2.24, 2.45) is 0 Å². The van der Waals surface area contributed by atoms with Crippen LogP contribution in [0, 0.1) is 0 Å². The second-order valence-corrected chi connectivity index (χ2v) is 8.67. The number of hydrogen-bond acceptors (Lipinski definition) is 2. The van der Waals surface area contributed by atoms with E-state index in [1.807, 2.05) is 24.3 Å². The predicted molar refractivity (Wildman–Crippen MR) is 149 cm³/mol. The summed E-state index contributed by atoms with van der Waals surface area (Å²) in [6.07, 6.45) is 1.58. The summed E-state index contributed by atoms with van der Waals surface area (Å²) < 4.78 is 83.2. The molecule has 2 heterocycles. The number of hydrogen-bond donors (Lipinski definition) is 0. The molecule has 6 aromatic carbocycles. The van der Waals surface area contributed by atoms with Gasteiger partial charge in [0.2, 0.25) is 0 Å². The van der Waals surface area contributed by atoms with Crippen LogP contribution in [0.25, 0.3) is 76.7 Å². The fourth-order valence-electron chi connectivity index (χ4n) is 5.32. The van der Waals surface area contributed by atoms with E-state index in [2.05, 4.69) is 0 Å². The second kappa shape index (κ2) is 7.34. The van der Waals surface area contributed by atoms with Crippen LogP contribution in [0.5, 0.6) is 0 Å². The van der Waals surface area contributed by atoms with Gasteiger partial charge >= 0.3 is 0 Å². The molecule has 0 aliphatic carbocycles. The maximum atomic E-state index is 9.19. The highest BCUT2D eigenvalue weighted by atomic mass is 16.3. The minimum absolute atomic E-state index is 0.154. The van der Waals surface area contributed by atoms with Crippen molar-refractivity contribution in [1.29, 1.82) is 0 Å². The Bertz CT molecular complexity index is 2450. The molecule has 0 atom stereocenters. The summed E-state index contributed by atoms with van der Waals surface area (Å²) >= 11 is 0. The Morgan fingerprint density at radius 2 is 1.22 bits per heavy atom. The van der Waals surface area contributed by atoms with E-state index < -0.39 is 24.2 Å². The second-order valence-electron chi connectivity index (χ2n) is 8.67. The summed E-state index contributed by atoms with van der Waals surface area (Å²) in [6, 6.07) is 16.9. The third kappa shape index (κ3) is 2.61. The normalized spacial score (nSPS) is 15.0. The Morgan fingerprint density at radius 3 is 1.94 bits per heavy atom. The molecule has 0 fully saturated rings.